The van der Waals surface area contributed by atoms with Crippen molar-refractivity contribution >= 4 is 25.5 Å². The third kappa shape index (κ3) is 8.88. The Morgan fingerprint density at radius 3 is 2.59 bits per heavy atom. The Bertz CT molecular complexity index is 1460. The molecule has 220 valence electrons. The first kappa shape index (κ1) is 30.7. The molecule has 1 saturated heterocycles. The molecule has 1 aliphatic rings. The highest BCUT2D eigenvalue weighted by Gasteiger charge is 2.37. The molecule has 0 spiro atoms. The third-order valence-electron chi connectivity index (χ3n) is 6.15. The zero-order chi connectivity index (χ0) is 29.2. The quantitative estimate of drug-likeness (QED) is 0.204. The highest BCUT2D eigenvalue weighted by Crippen LogP contribution is 2.46. The number of thioether (sulfide) groups is 1. The summed E-state index contributed by atoms with van der Waals surface area (Å²) in [6.45, 7) is -0.174. The van der Waals surface area contributed by atoms with Gasteiger partial charge in [0.25, 0.3) is 5.56 Å². The molecular formula is C27H31FN3O8PS. The van der Waals surface area contributed by atoms with Crippen LogP contribution < -0.4 is 20.9 Å². The molecule has 41 heavy (non-hydrogen) atoms. The summed E-state index contributed by atoms with van der Waals surface area (Å²) in [5.41, 5.74) is -1.13. The van der Waals surface area contributed by atoms with E-state index in [9.17, 15) is 23.3 Å². The number of nitrogens with one attached hydrogen (secondary N) is 2. The molecule has 1 aromatic heterocycles. The maximum atomic E-state index is 14.0. The van der Waals surface area contributed by atoms with E-state index in [4.69, 9.17) is 18.5 Å². The summed E-state index contributed by atoms with van der Waals surface area (Å²) in [6.07, 6.45) is 2.19. The van der Waals surface area contributed by atoms with Crippen LogP contribution >= 0.6 is 19.5 Å². The van der Waals surface area contributed by atoms with E-state index in [-0.39, 0.29) is 19.0 Å². The van der Waals surface area contributed by atoms with E-state index in [1.807, 2.05) is 41.6 Å². The van der Waals surface area contributed by atoms with Crippen LogP contribution in [0, 0.1) is 5.82 Å². The Labute approximate surface area is 239 Å². The van der Waals surface area contributed by atoms with Crippen molar-refractivity contribution in [3.63, 3.8) is 0 Å². The average Bonchev–Trinajstić information content (AvgIpc) is 3.45. The van der Waals surface area contributed by atoms with Crippen molar-refractivity contribution in [2.45, 2.75) is 44.2 Å². The molecule has 14 heteroatoms. The van der Waals surface area contributed by atoms with E-state index in [1.54, 1.807) is 30.3 Å². The van der Waals surface area contributed by atoms with Crippen LogP contribution in [0.1, 0.15) is 31.1 Å². The molecule has 11 nitrogen and oxygen atoms in total. The van der Waals surface area contributed by atoms with Gasteiger partial charge in [-0.3, -0.25) is 23.7 Å². The largest absolute Gasteiger partial charge is 0.460 e. The van der Waals surface area contributed by atoms with E-state index in [0.29, 0.717) is 25.0 Å². The topological polar surface area (TPSA) is 138 Å². The zero-order valence-corrected chi connectivity index (χ0v) is 24.0. The van der Waals surface area contributed by atoms with Gasteiger partial charge in [-0.05, 0) is 49.0 Å². The fraction of sp³-hybridized carbons (Fsp3) is 0.370. The summed E-state index contributed by atoms with van der Waals surface area (Å²) >= 11 is 1.51. The zero-order valence-electron chi connectivity index (χ0n) is 22.3. The molecule has 4 rings (SSSR count). The van der Waals surface area contributed by atoms with Gasteiger partial charge in [0.1, 0.15) is 24.6 Å². The monoisotopic (exact) mass is 607 g/mol. The van der Waals surface area contributed by atoms with Crippen molar-refractivity contribution in [2.75, 3.05) is 18.6 Å². The highest BCUT2D eigenvalue weighted by molar-refractivity contribution is 7.98. The molecule has 2 heterocycles. The third-order valence-corrected chi connectivity index (χ3v) is 8.36. The lowest BCUT2D eigenvalue weighted by Gasteiger charge is -2.25. The predicted octanol–water partition coefficient (Wildman–Crippen LogP) is 4.01. The molecule has 0 radical (unpaired) electrons. The summed E-state index contributed by atoms with van der Waals surface area (Å²) in [5.74, 6) is -0.903. The molecule has 0 saturated carbocycles. The van der Waals surface area contributed by atoms with Crippen LogP contribution in [0.5, 0.6) is 5.75 Å². The fourth-order valence-electron chi connectivity index (χ4n) is 4.07. The summed E-state index contributed by atoms with van der Waals surface area (Å²) in [7, 11) is -4.17. The van der Waals surface area contributed by atoms with E-state index < -0.39 is 49.2 Å². The van der Waals surface area contributed by atoms with Gasteiger partial charge in [0.05, 0.1) is 18.9 Å². The van der Waals surface area contributed by atoms with E-state index >= 15 is 0 Å². The summed E-state index contributed by atoms with van der Waals surface area (Å²) in [4.78, 5) is 38.4. The van der Waals surface area contributed by atoms with E-state index in [0.717, 1.165) is 16.3 Å². The van der Waals surface area contributed by atoms with Gasteiger partial charge in [-0.15, -0.1) is 0 Å². The van der Waals surface area contributed by atoms with Gasteiger partial charge in [-0.1, -0.05) is 48.5 Å². The number of carbonyl (C=O) groups excluding carboxylic acids is 1. The minimum absolute atomic E-state index is 0.0455. The minimum atomic E-state index is -4.17. The predicted molar refractivity (Wildman–Crippen MR) is 151 cm³/mol. The number of H-pyrrole nitrogens is 1. The number of hydrogen-bond acceptors (Lipinski definition) is 9. The second-order valence-electron chi connectivity index (χ2n) is 9.19. The van der Waals surface area contributed by atoms with Crippen LogP contribution in [0.2, 0.25) is 0 Å². The maximum absolute atomic E-state index is 14.0. The Hall–Kier alpha value is -3.22. The van der Waals surface area contributed by atoms with Gasteiger partial charge < -0.3 is 14.0 Å². The van der Waals surface area contributed by atoms with Crippen molar-refractivity contribution in [1.29, 1.82) is 0 Å². The Kier molecular flexibility index (Phi) is 10.9. The molecule has 1 unspecified atom stereocenters. The van der Waals surface area contributed by atoms with Gasteiger partial charge >= 0.3 is 19.4 Å². The lowest BCUT2D eigenvalue weighted by Crippen LogP contribution is -2.38. The number of para-hydroxylation sites is 1. The first-order valence-electron chi connectivity index (χ1n) is 12.9. The number of ether oxygens (including phenoxy) is 2. The van der Waals surface area contributed by atoms with Crippen LogP contribution in [0.4, 0.5) is 4.39 Å². The lowest BCUT2D eigenvalue weighted by molar-refractivity contribution is -0.147. The molecule has 1 fully saturated rings. The van der Waals surface area contributed by atoms with Crippen LogP contribution in [-0.4, -0.2) is 46.3 Å². The number of nitrogens with zero attached hydrogens (tertiary/aromatic N) is 1. The molecule has 1 aliphatic heterocycles. The minimum Gasteiger partial charge on any atom is -0.460 e. The Morgan fingerprint density at radius 1 is 1.17 bits per heavy atom. The van der Waals surface area contributed by atoms with Crippen LogP contribution in [0.25, 0.3) is 0 Å². The summed E-state index contributed by atoms with van der Waals surface area (Å²) in [5, 5.41) is 2.76. The SMILES string of the molecule is CSCC[C@H](NP(=O)(OC[C@@H]1CC[C@H](n2cc(F)c(=O)[nH]c2=O)O1)Oc1ccccc1)C(=O)OCc1ccccc1. The lowest BCUT2D eigenvalue weighted by atomic mass is 10.2. The molecule has 0 amide bonds. The van der Waals surface area contributed by atoms with E-state index in [2.05, 4.69) is 5.09 Å². The summed E-state index contributed by atoms with van der Waals surface area (Å²) < 4.78 is 51.6. The first-order chi connectivity index (χ1) is 19.8. The molecule has 0 aliphatic carbocycles. The number of benzene rings is 2. The maximum Gasteiger partial charge on any atom is 0.459 e. The number of carbonyl (C=O) groups is 1. The summed E-state index contributed by atoms with van der Waals surface area (Å²) in [6, 6.07) is 16.5. The molecule has 2 N–H and O–H groups in total. The molecule has 3 aromatic rings. The molecular weight excluding hydrogens is 576 g/mol. The standard InChI is InChI=1S/C27H31FN3O8PS/c1-41-15-14-23(26(33)36-17-19-8-4-2-5-9-19)30-40(35,39-20-10-6-3-7-11-20)37-18-21-12-13-24(38-21)31-16-22(28)25(32)29-27(31)34/h2-11,16,21,23-24H,12-15,17-18H2,1H3,(H,30,35)(H,29,32,34)/t21-,23-,24+,40?/m0/s1. The van der Waals surface area contributed by atoms with Crippen molar-refractivity contribution in [1.82, 2.24) is 14.6 Å². The number of aromatic nitrogens is 2. The average molecular weight is 608 g/mol. The van der Waals surface area contributed by atoms with Crippen molar-refractivity contribution in [2.24, 2.45) is 0 Å². The van der Waals surface area contributed by atoms with Gasteiger partial charge in [0, 0.05) is 0 Å². The molecule has 4 atom stereocenters. The van der Waals surface area contributed by atoms with Gasteiger partial charge in [0.2, 0.25) is 5.82 Å². The van der Waals surface area contributed by atoms with Crippen LogP contribution in [0.15, 0.2) is 76.4 Å². The molecule has 2 aromatic carbocycles. The van der Waals surface area contributed by atoms with Crippen molar-refractivity contribution in [3.8, 4) is 5.75 Å². The Morgan fingerprint density at radius 2 is 1.88 bits per heavy atom. The van der Waals surface area contributed by atoms with Gasteiger partial charge in [-0.25, -0.2) is 9.36 Å². The second kappa shape index (κ2) is 14.6. The van der Waals surface area contributed by atoms with Gasteiger partial charge in [-0.2, -0.15) is 21.2 Å². The highest BCUT2D eigenvalue weighted by atomic mass is 32.2. The smallest absolute Gasteiger partial charge is 0.459 e. The normalized spacial score (nSPS) is 18.9. The first-order valence-corrected chi connectivity index (χ1v) is 15.8. The number of hydrogen-bond donors (Lipinski definition) is 2. The van der Waals surface area contributed by atoms with Crippen molar-refractivity contribution in [3.05, 3.63) is 99.1 Å². The van der Waals surface area contributed by atoms with Crippen LogP contribution in [0.3, 0.4) is 0 Å². The second-order valence-corrected chi connectivity index (χ2v) is 11.9. The molecule has 0 bridgehead atoms. The van der Waals surface area contributed by atoms with Crippen LogP contribution in [-0.2, 0) is 30.0 Å². The van der Waals surface area contributed by atoms with Crippen molar-refractivity contribution < 1.29 is 32.3 Å². The fourth-order valence-corrected chi connectivity index (χ4v) is 6.10. The van der Waals surface area contributed by atoms with Gasteiger partial charge in [0.15, 0.2) is 0 Å². The van der Waals surface area contributed by atoms with E-state index in [1.165, 1.54) is 11.8 Å². The number of halogens is 1. The number of rotatable bonds is 14. The number of aromatic amines is 1. The Balaban J connectivity index is 1.46. The number of esters is 1.